The molecule has 2 N–H and O–H groups in total. The Morgan fingerprint density at radius 3 is 2.10 bits per heavy atom. The highest BCUT2D eigenvalue weighted by molar-refractivity contribution is 7.80. The first-order chi connectivity index (χ1) is 14.0. The Morgan fingerprint density at radius 2 is 1.55 bits per heavy atom. The SMILES string of the molecule is CCCCCCCCCCCCCC(=O)NC(=S)Nc1cccc([N+](=O)[O-])c1C. The van der Waals surface area contributed by atoms with Crippen molar-refractivity contribution >= 4 is 34.6 Å². The van der Waals surface area contributed by atoms with Gasteiger partial charge in [-0.2, -0.15) is 0 Å². The van der Waals surface area contributed by atoms with Crippen molar-refractivity contribution in [1.29, 1.82) is 0 Å². The van der Waals surface area contributed by atoms with Gasteiger partial charge in [0.2, 0.25) is 5.91 Å². The fraction of sp³-hybridized carbons (Fsp3) is 0.636. The minimum absolute atomic E-state index is 0.0186. The first-order valence-electron chi connectivity index (χ1n) is 10.8. The average Bonchev–Trinajstić information content (AvgIpc) is 2.67. The summed E-state index contributed by atoms with van der Waals surface area (Å²) in [7, 11) is 0. The number of thiocarbonyl (C=S) groups is 1. The zero-order chi connectivity index (χ0) is 21.5. The van der Waals surface area contributed by atoms with Gasteiger partial charge in [-0.15, -0.1) is 0 Å². The third-order valence-corrected chi connectivity index (χ3v) is 5.21. The van der Waals surface area contributed by atoms with Gasteiger partial charge in [0.05, 0.1) is 16.2 Å². The molecule has 1 amide bonds. The molecule has 1 aromatic carbocycles. The number of amides is 1. The minimum atomic E-state index is -0.436. The fourth-order valence-electron chi connectivity index (χ4n) is 3.25. The number of rotatable bonds is 14. The van der Waals surface area contributed by atoms with E-state index < -0.39 is 4.92 Å². The summed E-state index contributed by atoms with van der Waals surface area (Å²) in [6.45, 7) is 3.89. The molecule has 29 heavy (non-hydrogen) atoms. The van der Waals surface area contributed by atoms with Crippen LogP contribution in [0, 0.1) is 17.0 Å². The van der Waals surface area contributed by atoms with Gasteiger partial charge in [0, 0.05) is 12.5 Å². The largest absolute Gasteiger partial charge is 0.332 e. The molecule has 0 aliphatic heterocycles. The quantitative estimate of drug-likeness (QED) is 0.157. The number of nitrogens with zero attached hydrogens (tertiary/aromatic N) is 1. The maximum atomic E-state index is 12.0. The molecule has 1 aromatic rings. The number of carbonyl (C=O) groups is 1. The zero-order valence-electron chi connectivity index (χ0n) is 17.8. The predicted molar refractivity (Wildman–Crippen MR) is 123 cm³/mol. The highest BCUT2D eigenvalue weighted by Gasteiger charge is 2.14. The van der Waals surface area contributed by atoms with Gasteiger partial charge >= 0.3 is 0 Å². The summed E-state index contributed by atoms with van der Waals surface area (Å²) in [5, 5.41) is 16.7. The van der Waals surface area contributed by atoms with Crippen LogP contribution in [0.4, 0.5) is 11.4 Å². The summed E-state index contributed by atoms with van der Waals surface area (Å²) in [5.41, 5.74) is 1.03. The van der Waals surface area contributed by atoms with Crippen molar-refractivity contribution in [3.8, 4) is 0 Å². The van der Waals surface area contributed by atoms with E-state index in [2.05, 4.69) is 17.6 Å². The summed E-state index contributed by atoms with van der Waals surface area (Å²) in [4.78, 5) is 22.6. The standard InChI is InChI=1S/C22H35N3O3S/c1-3-4-5-6-7-8-9-10-11-12-13-17-21(26)24-22(29)23-19-15-14-16-20(18(19)2)25(27)28/h14-16H,3-13,17H2,1-2H3,(H2,23,24,26,29). The van der Waals surface area contributed by atoms with E-state index >= 15 is 0 Å². The molecule has 0 heterocycles. The average molecular weight is 422 g/mol. The van der Waals surface area contributed by atoms with Crippen LogP contribution < -0.4 is 10.6 Å². The van der Waals surface area contributed by atoms with Crippen LogP contribution in [0.2, 0.25) is 0 Å². The van der Waals surface area contributed by atoms with Gasteiger partial charge in [-0.3, -0.25) is 14.9 Å². The number of nitro groups is 1. The van der Waals surface area contributed by atoms with Crippen LogP contribution in [0.15, 0.2) is 18.2 Å². The van der Waals surface area contributed by atoms with Gasteiger partial charge in [0.1, 0.15) is 0 Å². The van der Waals surface area contributed by atoms with E-state index in [1.165, 1.54) is 57.4 Å². The Kier molecular flexibility index (Phi) is 12.9. The molecule has 7 heteroatoms. The smallest absolute Gasteiger partial charge is 0.274 e. The highest BCUT2D eigenvalue weighted by atomic mass is 32.1. The monoisotopic (exact) mass is 421 g/mol. The van der Waals surface area contributed by atoms with Gasteiger partial charge in [-0.1, -0.05) is 77.2 Å². The molecule has 1 rings (SSSR count). The molecule has 6 nitrogen and oxygen atoms in total. The second-order valence-corrected chi connectivity index (χ2v) is 7.90. The maximum absolute atomic E-state index is 12.0. The Morgan fingerprint density at radius 1 is 1.00 bits per heavy atom. The van der Waals surface area contributed by atoms with E-state index in [0.717, 1.165) is 19.3 Å². The van der Waals surface area contributed by atoms with Crippen molar-refractivity contribution in [2.45, 2.75) is 90.9 Å². The lowest BCUT2D eigenvalue weighted by molar-refractivity contribution is -0.385. The fourth-order valence-corrected chi connectivity index (χ4v) is 3.47. The van der Waals surface area contributed by atoms with Crippen molar-refractivity contribution in [2.24, 2.45) is 0 Å². The molecule has 0 aliphatic rings. The number of unbranched alkanes of at least 4 members (excludes halogenated alkanes) is 10. The Labute approximate surface area is 180 Å². The molecular formula is C22H35N3O3S. The van der Waals surface area contributed by atoms with E-state index in [0.29, 0.717) is 17.7 Å². The second-order valence-electron chi connectivity index (χ2n) is 7.49. The molecule has 0 saturated carbocycles. The van der Waals surface area contributed by atoms with Crippen molar-refractivity contribution < 1.29 is 9.72 Å². The van der Waals surface area contributed by atoms with E-state index in [4.69, 9.17) is 12.2 Å². The molecule has 0 atom stereocenters. The van der Waals surface area contributed by atoms with Gasteiger partial charge < -0.3 is 10.6 Å². The van der Waals surface area contributed by atoms with E-state index in [1.54, 1.807) is 19.1 Å². The van der Waals surface area contributed by atoms with Crippen LogP contribution in [-0.2, 0) is 4.79 Å². The van der Waals surface area contributed by atoms with Gasteiger partial charge in [0.15, 0.2) is 5.11 Å². The number of nitro benzene ring substituents is 1. The molecule has 0 fully saturated rings. The van der Waals surface area contributed by atoms with E-state index in [9.17, 15) is 14.9 Å². The lowest BCUT2D eigenvalue weighted by Gasteiger charge is -2.11. The number of hydrogen-bond donors (Lipinski definition) is 2. The van der Waals surface area contributed by atoms with Crippen LogP contribution in [0.3, 0.4) is 0 Å². The lowest BCUT2D eigenvalue weighted by Crippen LogP contribution is -2.34. The Balaban J connectivity index is 2.14. The second kappa shape index (κ2) is 14.9. The number of carbonyl (C=O) groups excluding carboxylic acids is 1. The van der Waals surface area contributed by atoms with Crippen LogP contribution in [0.25, 0.3) is 0 Å². The number of hydrogen-bond acceptors (Lipinski definition) is 4. The summed E-state index contributed by atoms with van der Waals surface area (Å²) < 4.78 is 0. The van der Waals surface area contributed by atoms with Crippen molar-refractivity contribution in [1.82, 2.24) is 5.32 Å². The first-order valence-corrected chi connectivity index (χ1v) is 11.2. The number of nitrogens with one attached hydrogen (secondary N) is 2. The normalized spacial score (nSPS) is 10.6. The number of anilines is 1. The Hall–Kier alpha value is -2.02. The minimum Gasteiger partial charge on any atom is -0.332 e. The maximum Gasteiger partial charge on any atom is 0.274 e. The van der Waals surface area contributed by atoms with Crippen LogP contribution in [0.1, 0.15) is 89.5 Å². The number of benzene rings is 1. The zero-order valence-corrected chi connectivity index (χ0v) is 18.6. The Bertz CT molecular complexity index is 665. The van der Waals surface area contributed by atoms with Crippen molar-refractivity contribution in [2.75, 3.05) is 5.32 Å². The van der Waals surface area contributed by atoms with Crippen molar-refractivity contribution in [3.05, 3.63) is 33.9 Å². The van der Waals surface area contributed by atoms with Gasteiger partial charge in [0.25, 0.3) is 5.69 Å². The summed E-state index contributed by atoms with van der Waals surface area (Å²) in [5.74, 6) is -0.124. The molecule has 0 aromatic heterocycles. The molecule has 162 valence electrons. The predicted octanol–water partition coefficient (Wildman–Crippen LogP) is 6.42. The van der Waals surface area contributed by atoms with Crippen molar-refractivity contribution in [3.63, 3.8) is 0 Å². The molecule has 0 unspecified atom stereocenters. The van der Waals surface area contributed by atoms with Gasteiger partial charge in [-0.05, 0) is 31.6 Å². The molecular weight excluding hydrogens is 386 g/mol. The first kappa shape index (κ1) is 25.0. The van der Waals surface area contributed by atoms with E-state index in [1.807, 2.05) is 0 Å². The molecule has 0 aliphatic carbocycles. The topological polar surface area (TPSA) is 84.3 Å². The van der Waals surface area contributed by atoms with Gasteiger partial charge in [-0.25, -0.2) is 0 Å². The van der Waals surface area contributed by atoms with Crippen LogP contribution in [0.5, 0.6) is 0 Å². The summed E-state index contributed by atoms with van der Waals surface area (Å²) in [6, 6.07) is 4.72. The molecule has 0 bridgehead atoms. The third kappa shape index (κ3) is 10.9. The van der Waals surface area contributed by atoms with Crippen LogP contribution in [-0.4, -0.2) is 15.9 Å². The third-order valence-electron chi connectivity index (χ3n) is 5.01. The summed E-state index contributed by atoms with van der Waals surface area (Å²) in [6.07, 6.45) is 14.1. The molecule has 0 radical (unpaired) electrons. The lowest BCUT2D eigenvalue weighted by atomic mass is 10.1. The van der Waals surface area contributed by atoms with E-state index in [-0.39, 0.29) is 16.7 Å². The van der Waals surface area contributed by atoms with Crippen LogP contribution >= 0.6 is 12.2 Å². The summed E-state index contributed by atoms with van der Waals surface area (Å²) >= 11 is 5.16. The molecule has 0 spiro atoms. The molecule has 0 saturated heterocycles. The highest BCUT2D eigenvalue weighted by Crippen LogP contribution is 2.24.